The normalized spacial score (nSPS) is 11.5. The van der Waals surface area contributed by atoms with Gasteiger partial charge in [-0.1, -0.05) is 29.3 Å². The minimum atomic E-state index is -0.249. The van der Waals surface area contributed by atoms with Gasteiger partial charge in [0.15, 0.2) is 13.1 Å². The molecular weight excluding hydrogens is 377 g/mol. The average Bonchev–Trinajstić information content (AvgIpc) is 2.57. The van der Waals surface area contributed by atoms with E-state index in [-0.39, 0.29) is 24.9 Å². The second-order valence-electron chi connectivity index (χ2n) is 5.76. The van der Waals surface area contributed by atoms with Crippen molar-refractivity contribution in [3.8, 4) is 5.75 Å². The first kappa shape index (κ1) is 20.0. The Kier molecular flexibility index (Phi) is 7.26. The first-order valence-electron chi connectivity index (χ1n) is 7.87. The van der Waals surface area contributed by atoms with E-state index in [1.165, 1.54) is 0 Å². The summed E-state index contributed by atoms with van der Waals surface area (Å²) in [5, 5.41) is 6.34. The first-order chi connectivity index (χ1) is 12.4. The third-order valence-electron chi connectivity index (χ3n) is 3.48. The molecule has 0 bridgehead atoms. The number of amides is 2. The fourth-order valence-corrected chi connectivity index (χ4v) is 2.76. The van der Waals surface area contributed by atoms with E-state index in [1.807, 2.05) is 0 Å². The standard InChI is InChI=1S/C18H19Cl2N3O3/c1-23(10-17(24)21-13-4-3-5-14(9-13)26-2)11-18(25)22-16-7-6-12(19)8-15(16)20/h3-9H,10-11H2,1-2H3,(H,21,24)(H,22,25)/p+1. The minimum absolute atomic E-state index is 0.116. The molecule has 0 aromatic heterocycles. The van der Waals surface area contributed by atoms with Crippen molar-refractivity contribution in [1.82, 2.24) is 0 Å². The molecule has 26 heavy (non-hydrogen) atoms. The number of carbonyl (C=O) groups excluding carboxylic acids is 2. The zero-order valence-electron chi connectivity index (χ0n) is 14.4. The first-order valence-corrected chi connectivity index (χ1v) is 8.63. The molecule has 3 N–H and O–H groups in total. The van der Waals surface area contributed by atoms with Crippen molar-refractivity contribution in [1.29, 1.82) is 0 Å². The zero-order valence-corrected chi connectivity index (χ0v) is 15.9. The molecule has 8 heteroatoms. The van der Waals surface area contributed by atoms with Crippen molar-refractivity contribution in [3.05, 3.63) is 52.5 Å². The van der Waals surface area contributed by atoms with Gasteiger partial charge in [-0.3, -0.25) is 9.59 Å². The summed E-state index contributed by atoms with van der Waals surface area (Å²) in [4.78, 5) is 25.0. The Morgan fingerprint density at radius 3 is 2.38 bits per heavy atom. The molecule has 0 saturated heterocycles. The molecule has 2 amide bonds. The van der Waals surface area contributed by atoms with Gasteiger partial charge in [-0.15, -0.1) is 0 Å². The van der Waals surface area contributed by atoms with Gasteiger partial charge in [0.05, 0.1) is 24.9 Å². The highest BCUT2D eigenvalue weighted by molar-refractivity contribution is 6.36. The summed E-state index contributed by atoms with van der Waals surface area (Å²) in [6.45, 7) is 0.253. The van der Waals surface area contributed by atoms with E-state index < -0.39 is 0 Å². The van der Waals surface area contributed by atoms with Gasteiger partial charge in [0, 0.05) is 16.8 Å². The van der Waals surface area contributed by atoms with Crippen LogP contribution in [0.3, 0.4) is 0 Å². The number of methoxy groups -OCH3 is 1. The van der Waals surface area contributed by atoms with Crippen molar-refractivity contribution in [2.45, 2.75) is 0 Å². The van der Waals surface area contributed by atoms with Gasteiger partial charge in [0.25, 0.3) is 11.8 Å². The monoisotopic (exact) mass is 396 g/mol. The Balaban J connectivity index is 1.84. The molecule has 2 aromatic rings. The van der Waals surface area contributed by atoms with E-state index in [1.54, 1.807) is 56.6 Å². The summed E-state index contributed by atoms with van der Waals surface area (Å²) in [6.07, 6.45) is 0. The fourth-order valence-electron chi connectivity index (χ4n) is 2.30. The summed E-state index contributed by atoms with van der Waals surface area (Å²) in [5.74, 6) is 0.205. The molecule has 1 unspecified atom stereocenters. The predicted molar refractivity (Wildman–Crippen MR) is 103 cm³/mol. The molecule has 0 aliphatic carbocycles. The van der Waals surface area contributed by atoms with Crippen LogP contribution in [0.15, 0.2) is 42.5 Å². The molecule has 0 heterocycles. The van der Waals surface area contributed by atoms with E-state index in [2.05, 4.69) is 10.6 Å². The fraction of sp³-hybridized carbons (Fsp3) is 0.222. The molecule has 0 saturated carbocycles. The smallest absolute Gasteiger partial charge is 0.279 e. The average molecular weight is 397 g/mol. The topological polar surface area (TPSA) is 71.9 Å². The van der Waals surface area contributed by atoms with Gasteiger partial charge < -0.3 is 20.3 Å². The van der Waals surface area contributed by atoms with E-state index in [0.29, 0.717) is 27.2 Å². The number of quaternary nitrogens is 1. The summed E-state index contributed by atoms with van der Waals surface area (Å²) in [7, 11) is 3.32. The number of nitrogens with one attached hydrogen (secondary N) is 3. The number of benzene rings is 2. The van der Waals surface area contributed by atoms with Gasteiger partial charge in [0.1, 0.15) is 5.75 Å². The number of halogens is 2. The predicted octanol–water partition coefficient (Wildman–Crippen LogP) is 2.09. The molecule has 0 radical (unpaired) electrons. The second kappa shape index (κ2) is 9.43. The Morgan fingerprint density at radius 2 is 1.73 bits per heavy atom. The lowest BCUT2D eigenvalue weighted by Gasteiger charge is -2.14. The number of ether oxygens (including phenoxy) is 1. The molecule has 2 aromatic carbocycles. The second-order valence-corrected chi connectivity index (χ2v) is 6.61. The summed E-state index contributed by atoms with van der Waals surface area (Å²) >= 11 is 11.9. The lowest BCUT2D eigenvalue weighted by molar-refractivity contribution is -0.862. The van der Waals surface area contributed by atoms with Crippen molar-refractivity contribution < 1.29 is 19.2 Å². The number of likely N-dealkylation sites (N-methyl/N-ethyl adjacent to an activating group) is 1. The number of anilines is 2. The van der Waals surface area contributed by atoms with Crippen LogP contribution >= 0.6 is 23.2 Å². The Hall–Kier alpha value is -2.28. The van der Waals surface area contributed by atoms with Crippen LogP contribution < -0.4 is 20.3 Å². The number of carbonyl (C=O) groups is 2. The molecule has 0 spiro atoms. The van der Waals surface area contributed by atoms with Crippen LogP contribution in [0.25, 0.3) is 0 Å². The highest BCUT2D eigenvalue weighted by Gasteiger charge is 2.15. The number of hydrogen-bond acceptors (Lipinski definition) is 3. The largest absolute Gasteiger partial charge is 0.497 e. The maximum absolute atomic E-state index is 12.1. The summed E-state index contributed by atoms with van der Waals surface area (Å²) < 4.78 is 5.12. The van der Waals surface area contributed by atoms with E-state index in [9.17, 15) is 9.59 Å². The minimum Gasteiger partial charge on any atom is -0.497 e. The van der Waals surface area contributed by atoms with Crippen LogP contribution in [0.4, 0.5) is 11.4 Å². The van der Waals surface area contributed by atoms with Gasteiger partial charge in [0.2, 0.25) is 0 Å². The van der Waals surface area contributed by atoms with Crippen LogP contribution in [-0.2, 0) is 9.59 Å². The lowest BCUT2D eigenvalue weighted by Crippen LogP contribution is -3.11. The Labute approximate surface area is 162 Å². The van der Waals surface area contributed by atoms with Crippen LogP contribution in [0.2, 0.25) is 10.0 Å². The van der Waals surface area contributed by atoms with Crippen LogP contribution in [0.1, 0.15) is 0 Å². The number of rotatable bonds is 7. The molecule has 138 valence electrons. The highest BCUT2D eigenvalue weighted by Crippen LogP contribution is 2.25. The molecule has 2 rings (SSSR count). The van der Waals surface area contributed by atoms with Gasteiger partial charge in [-0.05, 0) is 30.3 Å². The zero-order chi connectivity index (χ0) is 19.1. The SMILES string of the molecule is COc1cccc(NC(=O)C[NH+](C)CC(=O)Nc2ccc(Cl)cc2Cl)c1. The third kappa shape index (κ3) is 6.22. The summed E-state index contributed by atoms with van der Waals surface area (Å²) in [5.41, 5.74) is 1.12. The van der Waals surface area contributed by atoms with Gasteiger partial charge in [-0.25, -0.2) is 0 Å². The van der Waals surface area contributed by atoms with E-state index >= 15 is 0 Å². The number of hydrogen-bond donors (Lipinski definition) is 3. The Morgan fingerprint density at radius 1 is 1.04 bits per heavy atom. The lowest BCUT2D eigenvalue weighted by atomic mass is 10.3. The summed E-state index contributed by atoms with van der Waals surface area (Å²) in [6, 6.07) is 11.9. The van der Waals surface area contributed by atoms with Crippen LogP contribution in [0.5, 0.6) is 5.75 Å². The van der Waals surface area contributed by atoms with Crippen LogP contribution in [-0.4, -0.2) is 39.1 Å². The van der Waals surface area contributed by atoms with Crippen molar-refractivity contribution >= 4 is 46.4 Å². The molecule has 6 nitrogen and oxygen atoms in total. The van der Waals surface area contributed by atoms with Gasteiger partial charge >= 0.3 is 0 Å². The van der Waals surface area contributed by atoms with Crippen molar-refractivity contribution in [2.24, 2.45) is 0 Å². The van der Waals surface area contributed by atoms with Crippen molar-refractivity contribution in [2.75, 3.05) is 37.9 Å². The molecule has 1 atom stereocenters. The molecule has 0 aliphatic rings. The quantitative estimate of drug-likeness (QED) is 0.670. The van der Waals surface area contributed by atoms with E-state index in [4.69, 9.17) is 27.9 Å². The molecule has 0 aliphatic heterocycles. The van der Waals surface area contributed by atoms with Gasteiger partial charge in [-0.2, -0.15) is 0 Å². The van der Waals surface area contributed by atoms with Crippen LogP contribution in [0, 0.1) is 0 Å². The van der Waals surface area contributed by atoms with Crippen molar-refractivity contribution in [3.63, 3.8) is 0 Å². The Bertz CT molecular complexity index is 799. The maximum atomic E-state index is 12.1. The molecule has 0 fully saturated rings. The highest BCUT2D eigenvalue weighted by atomic mass is 35.5. The third-order valence-corrected chi connectivity index (χ3v) is 4.03. The molecular formula is C18H20Cl2N3O3+. The van der Waals surface area contributed by atoms with E-state index in [0.717, 1.165) is 4.90 Å². The maximum Gasteiger partial charge on any atom is 0.279 e.